The smallest absolute Gasteiger partial charge is 0.101 e. The summed E-state index contributed by atoms with van der Waals surface area (Å²) in [6.07, 6.45) is 1.96. The van der Waals surface area contributed by atoms with Crippen LogP contribution < -0.4 is 4.90 Å². The molecule has 96 valence electrons. The quantitative estimate of drug-likeness (QED) is 0.782. The standard InChI is InChI=1S/C15H15N3O/c1-11-10-18(7-8-19-11)14-5-4-12(9-16)15-13(14)3-2-6-17-15/h2-6,11H,7-8,10H2,1H3. The molecule has 0 bridgehead atoms. The predicted octanol–water partition coefficient (Wildman–Crippen LogP) is 2.33. The van der Waals surface area contributed by atoms with Gasteiger partial charge in [-0.2, -0.15) is 5.26 Å². The Balaban J connectivity index is 2.12. The van der Waals surface area contributed by atoms with Crippen LogP contribution in [0.25, 0.3) is 10.9 Å². The number of ether oxygens (including phenoxy) is 1. The van der Waals surface area contributed by atoms with E-state index in [-0.39, 0.29) is 6.10 Å². The highest BCUT2D eigenvalue weighted by Crippen LogP contribution is 2.29. The summed E-state index contributed by atoms with van der Waals surface area (Å²) in [7, 11) is 0. The van der Waals surface area contributed by atoms with Gasteiger partial charge < -0.3 is 9.64 Å². The molecule has 1 aliphatic rings. The lowest BCUT2D eigenvalue weighted by Crippen LogP contribution is -2.41. The van der Waals surface area contributed by atoms with Crippen molar-refractivity contribution in [3.63, 3.8) is 0 Å². The van der Waals surface area contributed by atoms with Gasteiger partial charge in [-0.05, 0) is 31.2 Å². The lowest BCUT2D eigenvalue weighted by molar-refractivity contribution is 0.0533. The third-order valence-electron chi connectivity index (χ3n) is 3.45. The van der Waals surface area contributed by atoms with Crippen LogP contribution in [0.4, 0.5) is 5.69 Å². The van der Waals surface area contributed by atoms with Gasteiger partial charge in [0.05, 0.1) is 23.8 Å². The molecule has 1 saturated heterocycles. The molecular formula is C15H15N3O. The first-order valence-corrected chi connectivity index (χ1v) is 6.44. The number of benzene rings is 1. The number of hydrogen-bond donors (Lipinski definition) is 0. The Morgan fingerprint density at radius 1 is 1.42 bits per heavy atom. The van der Waals surface area contributed by atoms with Gasteiger partial charge in [0, 0.05) is 30.4 Å². The van der Waals surface area contributed by atoms with E-state index in [4.69, 9.17) is 10.00 Å². The lowest BCUT2D eigenvalue weighted by Gasteiger charge is -2.33. The van der Waals surface area contributed by atoms with E-state index in [1.807, 2.05) is 24.3 Å². The Labute approximate surface area is 112 Å². The molecule has 0 amide bonds. The third-order valence-corrected chi connectivity index (χ3v) is 3.45. The Bertz CT molecular complexity index is 647. The maximum atomic E-state index is 9.16. The molecule has 1 atom stereocenters. The SMILES string of the molecule is CC1CN(c2ccc(C#N)c3ncccc23)CCO1. The normalized spacial score (nSPS) is 19.4. The number of pyridine rings is 1. The maximum Gasteiger partial charge on any atom is 0.101 e. The number of morpholine rings is 1. The van der Waals surface area contributed by atoms with Crippen LogP contribution in [0.3, 0.4) is 0 Å². The van der Waals surface area contributed by atoms with E-state index in [2.05, 4.69) is 22.9 Å². The maximum absolute atomic E-state index is 9.16. The van der Waals surface area contributed by atoms with Crippen LogP contribution in [-0.2, 0) is 4.74 Å². The van der Waals surface area contributed by atoms with Crippen molar-refractivity contribution in [2.24, 2.45) is 0 Å². The Hall–Kier alpha value is -2.12. The fraction of sp³-hybridized carbons (Fsp3) is 0.333. The van der Waals surface area contributed by atoms with Crippen molar-refractivity contribution >= 4 is 16.6 Å². The largest absolute Gasteiger partial charge is 0.375 e. The fourth-order valence-electron chi connectivity index (χ4n) is 2.56. The second-order valence-electron chi connectivity index (χ2n) is 4.77. The number of aromatic nitrogens is 1. The van der Waals surface area contributed by atoms with E-state index in [1.165, 1.54) is 0 Å². The van der Waals surface area contributed by atoms with E-state index in [1.54, 1.807) is 6.20 Å². The molecule has 0 saturated carbocycles. The van der Waals surface area contributed by atoms with Crippen LogP contribution in [0.2, 0.25) is 0 Å². The molecule has 2 heterocycles. The van der Waals surface area contributed by atoms with Gasteiger partial charge in [-0.3, -0.25) is 4.98 Å². The topological polar surface area (TPSA) is 49.2 Å². The summed E-state index contributed by atoms with van der Waals surface area (Å²) in [5, 5.41) is 10.2. The summed E-state index contributed by atoms with van der Waals surface area (Å²) in [6, 6.07) is 10.0. The zero-order valence-corrected chi connectivity index (χ0v) is 10.8. The van der Waals surface area contributed by atoms with E-state index in [0.29, 0.717) is 5.56 Å². The Kier molecular flexibility index (Phi) is 3.06. The summed E-state index contributed by atoms with van der Waals surface area (Å²) in [4.78, 5) is 6.65. The first-order chi connectivity index (χ1) is 9.29. The zero-order valence-electron chi connectivity index (χ0n) is 10.8. The van der Waals surface area contributed by atoms with E-state index >= 15 is 0 Å². The number of hydrogen-bond acceptors (Lipinski definition) is 4. The lowest BCUT2D eigenvalue weighted by atomic mass is 10.1. The number of nitrogens with zero attached hydrogens (tertiary/aromatic N) is 3. The molecule has 2 aromatic rings. The van der Waals surface area contributed by atoms with Crippen LogP contribution in [0, 0.1) is 11.3 Å². The highest BCUT2D eigenvalue weighted by atomic mass is 16.5. The van der Waals surface area contributed by atoms with Crippen molar-refractivity contribution in [1.82, 2.24) is 4.98 Å². The van der Waals surface area contributed by atoms with E-state index in [0.717, 1.165) is 36.3 Å². The summed E-state index contributed by atoms with van der Waals surface area (Å²) in [6.45, 7) is 4.56. The van der Waals surface area contributed by atoms with Gasteiger partial charge >= 0.3 is 0 Å². The van der Waals surface area contributed by atoms with Gasteiger partial charge in [-0.1, -0.05) is 0 Å². The summed E-state index contributed by atoms with van der Waals surface area (Å²) in [5.74, 6) is 0. The highest BCUT2D eigenvalue weighted by Gasteiger charge is 2.19. The predicted molar refractivity (Wildman–Crippen MR) is 74.1 cm³/mol. The number of fused-ring (bicyclic) bond motifs is 1. The van der Waals surface area contributed by atoms with Crippen molar-refractivity contribution < 1.29 is 4.74 Å². The van der Waals surface area contributed by atoms with Crippen molar-refractivity contribution in [3.05, 3.63) is 36.0 Å². The molecule has 4 heteroatoms. The van der Waals surface area contributed by atoms with Gasteiger partial charge in [0.15, 0.2) is 0 Å². The molecule has 1 aromatic heterocycles. The van der Waals surface area contributed by atoms with Crippen molar-refractivity contribution in [3.8, 4) is 6.07 Å². The molecule has 0 N–H and O–H groups in total. The number of anilines is 1. The molecule has 3 rings (SSSR count). The van der Waals surface area contributed by atoms with Crippen LogP contribution >= 0.6 is 0 Å². The van der Waals surface area contributed by atoms with Gasteiger partial charge in [0.2, 0.25) is 0 Å². The Morgan fingerprint density at radius 3 is 3.11 bits per heavy atom. The molecule has 1 aromatic carbocycles. The molecule has 4 nitrogen and oxygen atoms in total. The van der Waals surface area contributed by atoms with Crippen LogP contribution in [-0.4, -0.2) is 30.8 Å². The number of nitriles is 1. The minimum Gasteiger partial charge on any atom is -0.375 e. The summed E-state index contributed by atoms with van der Waals surface area (Å²) >= 11 is 0. The Morgan fingerprint density at radius 2 is 2.32 bits per heavy atom. The van der Waals surface area contributed by atoms with Crippen molar-refractivity contribution in [2.75, 3.05) is 24.6 Å². The van der Waals surface area contributed by atoms with Crippen LogP contribution in [0.15, 0.2) is 30.5 Å². The van der Waals surface area contributed by atoms with Crippen LogP contribution in [0.1, 0.15) is 12.5 Å². The molecule has 0 radical (unpaired) electrons. The minimum absolute atomic E-state index is 0.233. The van der Waals surface area contributed by atoms with E-state index in [9.17, 15) is 0 Å². The van der Waals surface area contributed by atoms with Gasteiger partial charge in [0.1, 0.15) is 6.07 Å². The summed E-state index contributed by atoms with van der Waals surface area (Å²) in [5.41, 5.74) is 2.54. The second-order valence-corrected chi connectivity index (χ2v) is 4.77. The average Bonchev–Trinajstić information content (AvgIpc) is 2.46. The first-order valence-electron chi connectivity index (χ1n) is 6.44. The second kappa shape index (κ2) is 4.87. The van der Waals surface area contributed by atoms with E-state index < -0.39 is 0 Å². The molecular weight excluding hydrogens is 238 g/mol. The van der Waals surface area contributed by atoms with Gasteiger partial charge in [-0.15, -0.1) is 0 Å². The number of rotatable bonds is 1. The fourth-order valence-corrected chi connectivity index (χ4v) is 2.56. The molecule has 1 aliphatic heterocycles. The highest BCUT2D eigenvalue weighted by molar-refractivity contribution is 5.95. The summed E-state index contributed by atoms with van der Waals surface area (Å²) < 4.78 is 5.58. The van der Waals surface area contributed by atoms with Crippen molar-refractivity contribution in [2.45, 2.75) is 13.0 Å². The molecule has 1 fully saturated rings. The van der Waals surface area contributed by atoms with Crippen molar-refractivity contribution in [1.29, 1.82) is 5.26 Å². The van der Waals surface area contributed by atoms with Crippen LogP contribution in [0.5, 0.6) is 0 Å². The monoisotopic (exact) mass is 253 g/mol. The molecule has 19 heavy (non-hydrogen) atoms. The average molecular weight is 253 g/mol. The first kappa shape index (κ1) is 11.9. The third kappa shape index (κ3) is 2.13. The molecule has 0 aliphatic carbocycles. The van der Waals surface area contributed by atoms with Gasteiger partial charge in [-0.25, -0.2) is 0 Å². The minimum atomic E-state index is 0.233. The van der Waals surface area contributed by atoms with Gasteiger partial charge in [0.25, 0.3) is 0 Å². The molecule has 0 spiro atoms. The zero-order chi connectivity index (χ0) is 13.2. The molecule has 1 unspecified atom stereocenters.